The lowest BCUT2D eigenvalue weighted by molar-refractivity contribution is -0.142. The first kappa shape index (κ1) is 20.0. The van der Waals surface area contributed by atoms with Gasteiger partial charge in [-0.05, 0) is 43.5 Å². The Balaban J connectivity index is 1.50. The number of nitrogens with zero attached hydrogens (tertiary/aromatic N) is 2. The Morgan fingerprint density at radius 2 is 1.62 bits per heavy atom. The van der Waals surface area contributed by atoms with Gasteiger partial charge in [-0.25, -0.2) is 0 Å². The van der Waals surface area contributed by atoms with Gasteiger partial charge < -0.3 is 19.0 Å². The summed E-state index contributed by atoms with van der Waals surface area (Å²) < 4.78 is 11.0. The lowest BCUT2D eigenvalue weighted by Gasteiger charge is -2.43. The van der Waals surface area contributed by atoms with Gasteiger partial charge in [0.05, 0.1) is 5.41 Å². The summed E-state index contributed by atoms with van der Waals surface area (Å²) in [6, 6.07) is 11.1. The van der Waals surface area contributed by atoms with E-state index in [-0.39, 0.29) is 11.8 Å². The zero-order chi connectivity index (χ0) is 20.4. The average molecular weight is 417 g/mol. The van der Waals surface area contributed by atoms with E-state index in [0.717, 1.165) is 5.56 Å². The zero-order valence-electron chi connectivity index (χ0n) is 16.5. The van der Waals surface area contributed by atoms with Crippen LogP contribution >= 0.6 is 11.6 Å². The lowest BCUT2D eigenvalue weighted by atomic mass is 9.72. The second-order valence-corrected chi connectivity index (χ2v) is 8.08. The number of piperazine rings is 1. The van der Waals surface area contributed by atoms with Gasteiger partial charge in [0.1, 0.15) is 5.76 Å². The summed E-state index contributed by atoms with van der Waals surface area (Å²) in [7, 11) is 0. The normalized spacial score (nSPS) is 19.2. The van der Waals surface area contributed by atoms with Crippen molar-refractivity contribution >= 4 is 23.4 Å². The molecule has 0 N–H and O–H groups in total. The lowest BCUT2D eigenvalue weighted by Crippen LogP contribution is -2.56. The predicted molar refractivity (Wildman–Crippen MR) is 109 cm³/mol. The van der Waals surface area contributed by atoms with Crippen LogP contribution in [0.3, 0.4) is 0 Å². The molecule has 2 fully saturated rings. The first-order valence-electron chi connectivity index (χ1n) is 9.99. The van der Waals surface area contributed by atoms with E-state index in [9.17, 15) is 9.59 Å². The molecule has 0 spiro atoms. The fraction of sp³-hybridized carbons (Fsp3) is 0.455. The first-order chi connectivity index (χ1) is 14.0. The van der Waals surface area contributed by atoms with E-state index in [2.05, 4.69) is 0 Å². The van der Waals surface area contributed by atoms with Gasteiger partial charge in [-0.2, -0.15) is 0 Å². The fourth-order valence-corrected chi connectivity index (χ4v) is 4.60. The molecule has 0 atom stereocenters. The van der Waals surface area contributed by atoms with Gasteiger partial charge in [0.25, 0.3) is 5.91 Å². The third kappa shape index (κ3) is 3.79. The summed E-state index contributed by atoms with van der Waals surface area (Å²) in [5.74, 6) is 1.01. The Bertz CT molecular complexity index is 896. The van der Waals surface area contributed by atoms with E-state index in [0.29, 0.717) is 68.8 Å². The van der Waals surface area contributed by atoms with Crippen LogP contribution < -0.4 is 0 Å². The second-order valence-electron chi connectivity index (χ2n) is 7.67. The molecule has 2 aliphatic rings. The van der Waals surface area contributed by atoms with Crippen molar-refractivity contribution in [1.29, 1.82) is 0 Å². The van der Waals surface area contributed by atoms with Crippen molar-refractivity contribution < 1.29 is 18.7 Å². The minimum atomic E-state index is -0.666. The largest absolute Gasteiger partial charge is 0.456 e. The quantitative estimate of drug-likeness (QED) is 0.770. The number of benzene rings is 1. The van der Waals surface area contributed by atoms with Crippen LogP contribution in [0.4, 0.5) is 0 Å². The third-order valence-corrected chi connectivity index (χ3v) is 6.28. The molecule has 29 heavy (non-hydrogen) atoms. The highest BCUT2D eigenvalue weighted by Crippen LogP contribution is 2.40. The van der Waals surface area contributed by atoms with Gasteiger partial charge in [0, 0.05) is 44.4 Å². The number of halogens is 1. The van der Waals surface area contributed by atoms with Crippen LogP contribution in [0.2, 0.25) is 5.02 Å². The molecule has 2 aliphatic heterocycles. The molecular weight excluding hydrogens is 392 g/mol. The number of ether oxygens (including phenoxy) is 1. The van der Waals surface area contributed by atoms with Crippen LogP contribution in [0.1, 0.15) is 34.7 Å². The highest BCUT2D eigenvalue weighted by atomic mass is 35.5. The Labute approximate surface area is 175 Å². The molecule has 0 saturated carbocycles. The topological polar surface area (TPSA) is 63.0 Å². The highest BCUT2D eigenvalue weighted by Gasteiger charge is 2.45. The maximum absolute atomic E-state index is 13.7. The van der Waals surface area contributed by atoms with Gasteiger partial charge in [0.15, 0.2) is 5.76 Å². The van der Waals surface area contributed by atoms with E-state index >= 15 is 0 Å². The first-order valence-corrected chi connectivity index (χ1v) is 10.4. The van der Waals surface area contributed by atoms with E-state index < -0.39 is 5.41 Å². The molecule has 2 amide bonds. The van der Waals surface area contributed by atoms with Crippen LogP contribution in [-0.2, 0) is 14.9 Å². The van der Waals surface area contributed by atoms with E-state index in [1.54, 1.807) is 17.0 Å². The summed E-state index contributed by atoms with van der Waals surface area (Å²) in [4.78, 5) is 29.9. The number of hydrogen-bond acceptors (Lipinski definition) is 4. The van der Waals surface area contributed by atoms with Crippen molar-refractivity contribution in [3.05, 3.63) is 58.5 Å². The number of carbonyl (C=O) groups excluding carboxylic acids is 2. The summed E-state index contributed by atoms with van der Waals surface area (Å²) in [5.41, 5.74) is 0.209. The molecular formula is C22H25ClN2O4. The van der Waals surface area contributed by atoms with Crippen LogP contribution in [0, 0.1) is 6.92 Å². The van der Waals surface area contributed by atoms with Crippen molar-refractivity contribution in [2.24, 2.45) is 0 Å². The molecule has 7 heteroatoms. The smallest absolute Gasteiger partial charge is 0.289 e. The Morgan fingerprint density at radius 3 is 2.24 bits per heavy atom. The summed E-state index contributed by atoms with van der Waals surface area (Å²) in [6.45, 7) is 4.85. The van der Waals surface area contributed by atoms with Crippen LogP contribution in [0.25, 0.3) is 0 Å². The second kappa shape index (κ2) is 8.20. The Hall–Kier alpha value is -2.31. The molecule has 4 rings (SSSR count). The Kier molecular flexibility index (Phi) is 5.65. The number of carbonyl (C=O) groups is 2. The van der Waals surface area contributed by atoms with E-state index in [4.69, 9.17) is 20.8 Å². The Morgan fingerprint density at radius 1 is 0.966 bits per heavy atom. The summed E-state index contributed by atoms with van der Waals surface area (Å²) in [6.07, 6.45) is 1.22. The third-order valence-electron chi connectivity index (χ3n) is 5.95. The van der Waals surface area contributed by atoms with Crippen molar-refractivity contribution in [2.75, 3.05) is 39.4 Å². The van der Waals surface area contributed by atoms with Gasteiger partial charge in [-0.15, -0.1) is 0 Å². The maximum atomic E-state index is 13.7. The molecule has 1 aromatic carbocycles. The maximum Gasteiger partial charge on any atom is 0.289 e. The standard InChI is InChI=1S/C22H25ClN2O4/c1-16-6-7-19(29-16)20(26)24-10-12-25(13-11-24)21(27)22(8-14-28-15-9-22)17-4-2-3-5-18(17)23/h2-7H,8-15H2,1H3. The number of amides is 2. The molecule has 154 valence electrons. The molecule has 0 aliphatic carbocycles. The van der Waals surface area contributed by atoms with Gasteiger partial charge in [-0.1, -0.05) is 29.8 Å². The van der Waals surface area contributed by atoms with E-state index in [1.165, 1.54) is 0 Å². The van der Waals surface area contributed by atoms with Gasteiger partial charge in [-0.3, -0.25) is 9.59 Å². The van der Waals surface area contributed by atoms with Gasteiger partial charge >= 0.3 is 0 Å². The van der Waals surface area contributed by atoms with Crippen molar-refractivity contribution in [3.8, 4) is 0 Å². The molecule has 2 aromatic rings. The van der Waals surface area contributed by atoms with Crippen molar-refractivity contribution in [1.82, 2.24) is 9.80 Å². The molecule has 2 saturated heterocycles. The minimum absolute atomic E-state index is 0.0786. The highest BCUT2D eigenvalue weighted by molar-refractivity contribution is 6.31. The molecule has 0 radical (unpaired) electrons. The number of hydrogen-bond donors (Lipinski definition) is 0. The van der Waals surface area contributed by atoms with Crippen LogP contribution in [0.15, 0.2) is 40.8 Å². The van der Waals surface area contributed by atoms with E-state index in [1.807, 2.05) is 36.1 Å². The molecule has 3 heterocycles. The van der Waals surface area contributed by atoms with Crippen LogP contribution in [-0.4, -0.2) is 61.0 Å². The number of aryl methyl sites for hydroxylation is 1. The molecule has 6 nitrogen and oxygen atoms in total. The molecule has 0 bridgehead atoms. The van der Waals surface area contributed by atoms with Crippen LogP contribution in [0.5, 0.6) is 0 Å². The van der Waals surface area contributed by atoms with Crippen molar-refractivity contribution in [2.45, 2.75) is 25.2 Å². The van der Waals surface area contributed by atoms with Crippen molar-refractivity contribution in [3.63, 3.8) is 0 Å². The SMILES string of the molecule is Cc1ccc(C(=O)N2CCN(C(=O)C3(c4ccccc4Cl)CCOCC3)CC2)o1. The average Bonchev–Trinajstić information content (AvgIpc) is 3.20. The minimum Gasteiger partial charge on any atom is -0.456 e. The fourth-order valence-electron chi connectivity index (χ4n) is 4.29. The van der Waals surface area contributed by atoms with Gasteiger partial charge in [0.2, 0.25) is 5.91 Å². The monoisotopic (exact) mass is 416 g/mol. The zero-order valence-corrected chi connectivity index (χ0v) is 17.3. The molecule has 0 unspecified atom stereocenters. The predicted octanol–water partition coefficient (Wildman–Crippen LogP) is 3.27. The number of furan rings is 1. The molecule has 1 aromatic heterocycles. The number of rotatable bonds is 3. The summed E-state index contributed by atoms with van der Waals surface area (Å²) in [5, 5.41) is 0.616. The summed E-state index contributed by atoms with van der Waals surface area (Å²) >= 11 is 6.49.